The van der Waals surface area contributed by atoms with E-state index in [1.54, 1.807) is 6.33 Å². The van der Waals surface area contributed by atoms with E-state index in [9.17, 15) is 4.79 Å². The largest absolute Gasteiger partial charge is 0.356 e. The van der Waals surface area contributed by atoms with E-state index < -0.39 is 0 Å². The van der Waals surface area contributed by atoms with Crippen LogP contribution in [0.15, 0.2) is 29.6 Å². The summed E-state index contributed by atoms with van der Waals surface area (Å²) in [6, 6.07) is 6.15. The van der Waals surface area contributed by atoms with E-state index in [1.807, 2.05) is 19.9 Å². The number of nitrogens with zero attached hydrogens (tertiary/aromatic N) is 3. The number of benzene rings is 1. The van der Waals surface area contributed by atoms with Crippen LogP contribution in [0.25, 0.3) is 0 Å². The number of amides is 1. The third-order valence-electron chi connectivity index (χ3n) is 4.35. The maximum absolute atomic E-state index is 12.3. The summed E-state index contributed by atoms with van der Waals surface area (Å²) in [4.78, 5) is 23.2. The van der Waals surface area contributed by atoms with Crippen molar-refractivity contribution in [3.8, 4) is 0 Å². The monoisotopic (exact) mass is 356 g/mol. The molecule has 2 heterocycles. The summed E-state index contributed by atoms with van der Waals surface area (Å²) in [7, 11) is 0. The zero-order chi connectivity index (χ0) is 17.8. The highest BCUT2D eigenvalue weighted by molar-refractivity contribution is 7.99. The number of hydrogen-bond donors (Lipinski definition) is 1. The van der Waals surface area contributed by atoms with Gasteiger partial charge in [0.1, 0.15) is 17.2 Å². The van der Waals surface area contributed by atoms with Gasteiger partial charge in [-0.2, -0.15) is 0 Å². The quantitative estimate of drug-likeness (QED) is 0.653. The molecule has 1 saturated heterocycles. The minimum Gasteiger partial charge on any atom is -0.356 e. The molecule has 2 aromatic rings. The van der Waals surface area contributed by atoms with Crippen LogP contribution >= 0.6 is 11.8 Å². The molecule has 132 valence electrons. The minimum absolute atomic E-state index is 0.0126. The Morgan fingerprint density at radius 3 is 2.48 bits per heavy atom. The predicted octanol–water partition coefficient (Wildman–Crippen LogP) is 3.73. The van der Waals surface area contributed by atoms with Crippen LogP contribution < -0.4 is 10.2 Å². The van der Waals surface area contributed by atoms with Gasteiger partial charge >= 0.3 is 0 Å². The summed E-state index contributed by atoms with van der Waals surface area (Å²) in [5.41, 5.74) is 4.30. The van der Waals surface area contributed by atoms with Crippen molar-refractivity contribution in [2.45, 2.75) is 38.6 Å². The van der Waals surface area contributed by atoms with E-state index in [2.05, 4.69) is 39.2 Å². The van der Waals surface area contributed by atoms with Gasteiger partial charge in [-0.05, 0) is 44.7 Å². The summed E-state index contributed by atoms with van der Waals surface area (Å²) < 4.78 is 0. The third-order valence-corrected chi connectivity index (χ3v) is 5.28. The van der Waals surface area contributed by atoms with Gasteiger partial charge in [-0.1, -0.05) is 29.5 Å². The van der Waals surface area contributed by atoms with Crippen molar-refractivity contribution in [1.29, 1.82) is 0 Å². The lowest BCUT2D eigenvalue weighted by Crippen LogP contribution is -2.19. The van der Waals surface area contributed by atoms with Crippen LogP contribution in [0.4, 0.5) is 11.5 Å². The lowest BCUT2D eigenvalue weighted by atomic mass is 10.1. The molecule has 6 heteroatoms. The predicted molar refractivity (Wildman–Crippen MR) is 103 cm³/mol. The van der Waals surface area contributed by atoms with Crippen LogP contribution in [0.1, 0.15) is 29.5 Å². The first kappa shape index (κ1) is 17.7. The van der Waals surface area contributed by atoms with E-state index in [0.717, 1.165) is 40.7 Å². The Labute approximate surface area is 153 Å². The first-order valence-electron chi connectivity index (χ1n) is 8.60. The normalized spacial score (nSPS) is 14.0. The highest BCUT2D eigenvalue weighted by Gasteiger charge is 2.15. The number of aromatic nitrogens is 2. The van der Waals surface area contributed by atoms with Crippen molar-refractivity contribution in [2.24, 2.45) is 0 Å². The topological polar surface area (TPSA) is 58.1 Å². The molecular weight excluding hydrogens is 332 g/mol. The SMILES string of the molecule is Cc1cc(C)c(NC(=O)CSc2cc(N3CCCC3)ncn2)c(C)c1. The lowest BCUT2D eigenvalue weighted by molar-refractivity contribution is -0.113. The van der Waals surface area contributed by atoms with Gasteiger partial charge in [-0.15, -0.1) is 0 Å². The van der Waals surface area contributed by atoms with E-state index >= 15 is 0 Å². The molecule has 1 aromatic heterocycles. The molecule has 1 aliphatic heterocycles. The highest BCUT2D eigenvalue weighted by atomic mass is 32.2. The molecule has 0 radical (unpaired) electrons. The Kier molecular flexibility index (Phi) is 5.58. The van der Waals surface area contributed by atoms with Crippen molar-refractivity contribution in [3.05, 3.63) is 41.2 Å². The number of nitrogens with one attached hydrogen (secondary N) is 1. The van der Waals surface area contributed by atoms with Crippen molar-refractivity contribution < 1.29 is 4.79 Å². The Bertz CT molecular complexity index is 749. The van der Waals surface area contributed by atoms with Crippen molar-refractivity contribution in [2.75, 3.05) is 29.1 Å². The van der Waals surface area contributed by atoms with Crippen molar-refractivity contribution in [1.82, 2.24) is 9.97 Å². The molecule has 0 spiro atoms. The molecule has 3 rings (SSSR count). The van der Waals surface area contributed by atoms with Gasteiger partial charge in [0, 0.05) is 24.8 Å². The molecule has 0 bridgehead atoms. The fraction of sp³-hybridized carbons (Fsp3) is 0.421. The average molecular weight is 356 g/mol. The molecule has 0 aliphatic carbocycles. The van der Waals surface area contributed by atoms with Gasteiger partial charge in [0.25, 0.3) is 0 Å². The van der Waals surface area contributed by atoms with Gasteiger partial charge in [-0.3, -0.25) is 4.79 Å². The molecule has 0 unspecified atom stereocenters. The smallest absolute Gasteiger partial charge is 0.234 e. The van der Waals surface area contributed by atoms with Crippen LogP contribution in [-0.4, -0.2) is 34.7 Å². The van der Waals surface area contributed by atoms with Gasteiger partial charge in [0.2, 0.25) is 5.91 Å². The Morgan fingerprint density at radius 2 is 1.80 bits per heavy atom. The van der Waals surface area contributed by atoms with Gasteiger partial charge < -0.3 is 10.2 Å². The first-order valence-corrected chi connectivity index (χ1v) is 9.59. The molecule has 1 N–H and O–H groups in total. The Hall–Kier alpha value is -2.08. The van der Waals surface area contributed by atoms with Crippen LogP contribution in [0.5, 0.6) is 0 Å². The van der Waals surface area contributed by atoms with E-state index in [0.29, 0.717) is 5.75 Å². The molecule has 0 saturated carbocycles. The molecule has 1 amide bonds. The molecule has 25 heavy (non-hydrogen) atoms. The summed E-state index contributed by atoms with van der Waals surface area (Å²) in [6.45, 7) is 8.21. The number of anilines is 2. The average Bonchev–Trinajstić information content (AvgIpc) is 3.11. The molecular formula is C19H24N4OS. The maximum Gasteiger partial charge on any atom is 0.234 e. The summed E-state index contributed by atoms with van der Waals surface area (Å²) >= 11 is 1.45. The summed E-state index contributed by atoms with van der Waals surface area (Å²) in [5, 5.41) is 3.87. The summed E-state index contributed by atoms with van der Waals surface area (Å²) in [6.07, 6.45) is 4.01. The fourth-order valence-corrected chi connectivity index (χ4v) is 3.88. The third kappa shape index (κ3) is 4.51. The van der Waals surface area contributed by atoms with Crippen LogP contribution in [-0.2, 0) is 4.79 Å². The zero-order valence-corrected chi connectivity index (χ0v) is 15.8. The van der Waals surface area contributed by atoms with E-state index in [-0.39, 0.29) is 5.91 Å². The molecule has 1 aliphatic rings. The van der Waals surface area contributed by atoms with Gasteiger partial charge in [0.15, 0.2) is 0 Å². The van der Waals surface area contributed by atoms with Crippen LogP contribution in [0.2, 0.25) is 0 Å². The maximum atomic E-state index is 12.3. The number of carbonyl (C=O) groups excluding carboxylic acids is 1. The minimum atomic E-state index is -0.0126. The van der Waals surface area contributed by atoms with Gasteiger partial charge in [-0.25, -0.2) is 9.97 Å². The highest BCUT2D eigenvalue weighted by Crippen LogP contribution is 2.24. The molecule has 0 atom stereocenters. The Morgan fingerprint density at radius 1 is 1.12 bits per heavy atom. The number of carbonyl (C=O) groups is 1. The standard InChI is InChI=1S/C19H24N4OS/c1-13-8-14(2)19(15(3)9-13)22-17(24)11-25-18-10-16(20-12-21-18)23-6-4-5-7-23/h8-10,12H,4-7,11H2,1-3H3,(H,22,24). The Balaban J connectivity index is 1.60. The number of rotatable bonds is 5. The summed E-state index contributed by atoms with van der Waals surface area (Å²) in [5.74, 6) is 1.28. The lowest BCUT2D eigenvalue weighted by Gasteiger charge is -2.16. The van der Waals surface area contributed by atoms with Crippen molar-refractivity contribution in [3.63, 3.8) is 0 Å². The molecule has 1 aromatic carbocycles. The number of aryl methyl sites for hydroxylation is 3. The van der Waals surface area contributed by atoms with E-state index in [4.69, 9.17) is 0 Å². The second-order valence-electron chi connectivity index (χ2n) is 6.52. The van der Waals surface area contributed by atoms with Crippen molar-refractivity contribution >= 4 is 29.2 Å². The van der Waals surface area contributed by atoms with E-state index in [1.165, 1.54) is 30.2 Å². The van der Waals surface area contributed by atoms with Gasteiger partial charge in [0.05, 0.1) is 5.75 Å². The molecule has 1 fully saturated rings. The molecule has 5 nitrogen and oxygen atoms in total. The van der Waals surface area contributed by atoms with Crippen LogP contribution in [0, 0.1) is 20.8 Å². The van der Waals surface area contributed by atoms with Crippen LogP contribution in [0.3, 0.4) is 0 Å². The second kappa shape index (κ2) is 7.87. The number of thioether (sulfide) groups is 1. The second-order valence-corrected chi connectivity index (χ2v) is 7.51. The first-order chi connectivity index (χ1) is 12.0. The fourth-order valence-electron chi connectivity index (χ4n) is 3.22. The number of hydrogen-bond acceptors (Lipinski definition) is 5. The zero-order valence-electron chi connectivity index (χ0n) is 15.0.